The minimum absolute atomic E-state index is 0.0353. The summed E-state index contributed by atoms with van der Waals surface area (Å²) in [6.45, 7) is 11.1. The van der Waals surface area contributed by atoms with E-state index >= 15 is 0 Å². The van der Waals surface area contributed by atoms with Crippen molar-refractivity contribution in [3.63, 3.8) is 0 Å². The lowest BCUT2D eigenvalue weighted by atomic mass is 10.2. The van der Waals surface area contributed by atoms with E-state index in [4.69, 9.17) is 9.47 Å². The molecule has 0 aromatic heterocycles. The second-order valence-electron chi connectivity index (χ2n) is 4.52. The second-order valence-corrected chi connectivity index (χ2v) is 4.52. The van der Waals surface area contributed by atoms with Crippen LogP contribution < -0.4 is 0 Å². The summed E-state index contributed by atoms with van der Waals surface area (Å²) >= 11 is 0. The third-order valence-electron chi connectivity index (χ3n) is 1.90. The highest BCUT2D eigenvalue weighted by molar-refractivity contribution is 5.77. The fraction of sp³-hybridized carbons (Fsp3) is 0.750. The number of ether oxygens (including phenoxy) is 2. The highest BCUT2D eigenvalue weighted by Gasteiger charge is 2.16. The Kier molecular flexibility index (Phi) is 7.01. The first kappa shape index (κ1) is 15.1. The predicted molar refractivity (Wildman–Crippen MR) is 64.4 cm³/mol. The molecule has 1 amide bonds. The van der Waals surface area contributed by atoms with Crippen molar-refractivity contribution < 1.29 is 14.3 Å². The standard InChI is InChI=1S/C12H23NO3/c1-6-7-13(8-9-15-5)11(14)10-16-12(2,3)4/h6H,1,7-10H2,2-5H3. The van der Waals surface area contributed by atoms with Crippen molar-refractivity contribution in [2.24, 2.45) is 0 Å². The van der Waals surface area contributed by atoms with Gasteiger partial charge in [0.25, 0.3) is 0 Å². The SMILES string of the molecule is C=CCN(CCOC)C(=O)COC(C)(C)C. The van der Waals surface area contributed by atoms with Gasteiger partial charge in [-0.3, -0.25) is 4.79 Å². The third kappa shape index (κ3) is 7.43. The number of rotatable bonds is 7. The maximum Gasteiger partial charge on any atom is 0.248 e. The van der Waals surface area contributed by atoms with Crippen LogP contribution in [0.4, 0.5) is 0 Å². The molecule has 0 unspecified atom stereocenters. The van der Waals surface area contributed by atoms with Crippen molar-refractivity contribution in [3.8, 4) is 0 Å². The fourth-order valence-electron chi connectivity index (χ4n) is 1.04. The van der Waals surface area contributed by atoms with Crippen molar-refractivity contribution in [1.82, 2.24) is 4.90 Å². The summed E-state index contributed by atoms with van der Waals surface area (Å²) in [7, 11) is 1.61. The molecule has 0 saturated carbocycles. The quantitative estimate of drug-likeness (QED) is 0.620. The Morgan fingerprint density at radius 1 is 1.44 bits per heavy atom. The van der Waals surface area contributed by atoms with Crippen LogP contribution in [0.25, 0.3) is 0 Å². The van der Waals surface area contributed by atoms with Crippen LogP contribution in [0.1, 0.15) is 20.8 Å². The van der Waals surface area contributed by atoms with E-state index < -0.39 is 0 Å². The monoisotopic (exact) mass is 229 g/mol. The van der Waals surface area contributed by atoms with E-state index in [-0.39, 0.29) is 18.1 Å². The molecular formula is C12H23NO3. The molecule has 0 N–H and O–H groups in total. The number of hydrogen-bond donors (Lipinski definition) is 0. The molecule has 0 bridgehead atoms. The van der Waals surface area contributed by atoms with Crippen LogP contribution in [0.2, 0.25) is 0 Å². The van der Waals surface area contributed by atoms with Crippen LogP contribution in [-0.4, -0.2) is 49.8 Å². The molecular weight excluding hydrogens is 206 g/mol. The molecule has 0 saturated heterocycles. The van der Waals surface area contributed by atoms with Crippen molar-refractivity contribution in [1.29, 1.82) is 0 Å². The summed E-state index contributed by atoms with van der Waals surface area (Å²) in [6.07, 6.45) is 1.70. The minimum Gasteiger partial charge on any atom is -0.383 e. The zero-order chi connectivity index (χ0) is 12.6. The number of amides is 1. The summed E-state index contributed by atoms with van der Waals surface area (Å²) in [5.41, 5.74) is -0.295. The van der Waals surface area contributed by atoms with E-state index in [9.17, 15) is 4.79 Å². The number of nitrogens with zero attached hydrogens (tertiary/aromatic N) is 1. The van der Waals surface area contributed by atoms with E-state index in [2.05, 4.69) is 6.58 Å². The van der Waals surface area contributed by atoms with Gasteiger partial charge in [-0.1, -0.05) is 6.08 Å². The highest BCUT2D eigenvalue weighted by Crippen LogP contribution is 2.06. The summed E-state index contributed by atoms with van der Waals surface area (Å²) in [5, 5.41) is 0. The molecule has 4 heteroatoms. The lowest BCUT2D eigenvalue weighted by molar-refractivity contribution is -0.141. The summed E-state index contributed by atoms with van der Waals surface area (Å²) < 4.78 is 10.4. The Bertz CT molecular complexity index is 221. The van der Waals surface area contributed by atoms with Crippen molar-refractivity contribution >= 4 is 5.91 Å². The number of carbonyl (C=O) groups excluding carboxylic acids is 1. The van der Waals surface area contributed by atoms with Gasteiger partial charge in [0.1, 0.15) is 6.61 Å². The Hall–Kier alpha value is -0.870. The average Bonchev–Trinajstić information content (AvgIpc) is 2.19. The first-order chi connectivity index (χ1) is 7.40. The van der Waals surface area contributed by atoms with Crippen LogP contribution in [0.15, 0.2) is 12.7 Å². The molecule has 0 atom stereocenters. The molecule has 0 rings (SSSR count). The molecule has 0 spiro atoms. The summed E-state index contributed by atoms with van der Waals surface area (Å²) in [4.78, 5) is 13.5. The van der Waals surface area contributed by atoms with E-state index in [1.54, 1.807) is 18.1 Å². The maximum absolute atomic E-state index is 11.8. The first-order valence-electron chi connectivity index (χ1n) is 5.42. The first-order valence-corrected chi connectivity index (χ1v) is 5.42. The van der Waals surface area contributed by atoms with Gasteiger partial charge in [-0.25, -0.2) is 0 Å². The third-order valence-corrected chi connectivity index (χ3v) is 1.90. The van der Waals surface area contributed by atoms with Crippen LogP contribution in [0.5, 0.6) is 0 Å². The second kappa shape index (κ2) is 7.41. The predicted octanol–water partition coefficient (Wildman–Crippen LogP) is 1.46. The molecule has 94 valence electrons. The Morgan fingerprint density at radius 3 is 2.50 bits per heavy atom. The van der Waals surface area contributed by atoms with Gasteiger partial charge < -0.3 is 14.4 Å². The smallest absolute Gasteiger partial charge is 0.248 e. The molecule has 0 aliphatic carbocycles. The molecule has 16 heavy (non-hydrogen) atoms. The fourth-order valence-corrected chi connectivity index (χ4v) is 1.04. The zero-order valence-electron chi connectivity index (χ0n) is 10.8. The molecule has 0 aliphatic heterocycles. The topological polar surface area (TPSA) is 38.8 Å². The molecule has 0 aliphatic rings. The van der Waals surface area contributed by atoms with Gasteiger partial charge in [0.15, 0.2) is 0 Å². The van der Waals surface area contributed by atoms with Gasteiger partial charge >= 0.3 is 0 Å². The van der Waals surface area contributed by atoms with Gasteiger partial charge in [0, 0.05) is 20.2 Å². The van der Waals surface area contributed by atoms with E-state index in [0.29, 0.717) is 19.7 Å². The summed E-state index contributed by atoms with van der Waals surface area (Å²) in [5.74, 6) is -0.0353. The van der Waals surface area contributed by atoms with Crippen molar-refractivity contribution in [2.75, 3.05) is 33.4 Å². The van der Waals surface area contributed by atoms with Gasteiger partial charge in [-0.2, -0.15) is 0 Å². The molecule has 0 radical (unpaired) electrons. The van der Waals surface area contributed by atoms with Crippen LogP contribution in [0.3, 0.4) is 0 Å². The Labute approximate surface area is 98.2 Å². The van der Waals surface area contributed by atoms with Gasteiger partial charge in [-0.15, -0.1) is 6.58 Å². The molecule has 0 aromatic carbocycles. The minimum atomic E-state index is -0.295. The normalized spacial score (nSPS) is 11.2. The van der Waals surface area contributed by atoms with E-state index in [1.807, 2.05) is 20.8 Å². The van der Waals surface area contributed by atoms with Crippen LogP contribution in [0, 0.1) is 0 Å². The maximum atomic E-state index is 11.8. The molecule has 4 nitrogen and oxygen atoms in total. The van der Waals surface area contributed by atoms with Crippen molar-refractivity contribution in [3.05, 3.63) is 12.7 Å². The highest BCUT2D eigenvalue weighted by atomic mass is 16.5. The van der Waals surface area contributed by atoms with E-state index in [0.717, 1.165) is 0 Å². The lowest BCUT2D eigenvalue weighted by Gasteiger charge is -2.24. The Balaban J connectivity index is 4.10. The lowest BCUT2D eigenvalue weighted by Crippen LogP contribution is -2.38. The number of hydrogen-bond acceptors (Lipinski definition) is 3. The van der Waals surface area contributed by atoms with Gasteiger partial charge in [-0.05, 0) is 20.8 Å². The molecule has 0 heterocycles. The number of carbonyl (C=O) groups is 1. The van der Waals surface area contributed by atoms with Crippen molar-refractivity contribution in [2.45, 2.75) is 26.4 Å². The summed E-state index contributed by atoms with van der Waals surface area (Å²) in [6, 6.07) is 0. The zero-order valence-corrected chi connectivity index (χ0v) is 10.8. The Morgan fingerprint density at radius 2 is 2.06 bits per heavy atom. The molecule has 0 fully saturated rings. The van der Waals surface area contributed by atoms with Crippen LogP contribution >= 0.6 is 0 Å². The van der Waals surface area contributed by atoms with Gasteiger partial charge in [0.2, 0.25) is 5.91 Å². The van der Waals surface area contributed by atoms with Crippen LogP contribution in [-0.2, 0) is 14.3 Å². The van der Waals surface area contributed by atoms with Gasteiger partial charge in [0.05, 0.1) is 12.2 Å². The largest absolute Gasteiger partial charge is 0.383 e. The average molecular weight is 229 g/mol. The molecule has 0 aromatic rings. The number of methoxy groups -OCH3 is 1. The van der Waals surface area contributed by atoms with E-state index in [1.165, 1.54) is 0 Å².